The second-order valence-electron chi connectivity index (χ2n) is 7.62. The van der Waals surface area contributed by atoms with Crippen molar-refractivity contribution in [2.45, 2.75) is 34.1 Å². The molecule has 4 rings (SSSR count). The Hall–Kier alpha value is -2.43. The molecular formula is C27H27P. The highest BCUT2D eigenvalue weighted by Gasteiger charge is 2.24. The minimum Gasteiger partial charge on any atom is -0.0769 e. The Morgan fingerprint density at radius 2 is 1.11 bits per heavy atom. The average molecular weight is 382 g/mol. The molecule has 1 heteroatoms. The highest BCUT2D eigenvalue weighted by molar-refractivity contribution is 7.80. The summed E-state index contributed by atoms with van der Waals surface area (Å²) in [6, 6.07) is 26.9. The highest BCUT2D eigenvalue weighted by atomic mass is 31.1. The summed E-state index contributed by atoms with van der Waals surface area (Å²) in [6.07, 6.45) is 3.41. The van der Waals surface area contributed by atoms with E-state index in [4.69, 9.17) is 0 Å². The van der Waals surface area contributed by atoms with Crippen LogP contribution in [0.4, 0.5) is 0 Å². The van der Waals surface area contributed by atoms with E-state index in [0.29, 0.717) is 0 Å². The first-order valence-corrected chi connectivity index (χ1v) is 11.3. The zero-order valence-electron chi connectivity index (χ0n) is 17.2. The molecule has 28 heavy (non-hydrogen) atoms. The Labute approximate surface area is 170 Å². The molecule has 3 aromatic rings. The number of allylic oxidation sites excluding steroid dienone is 4. The number of aryl methyl sites for hydroxylation is 2. The fourth-order valence-corrected chi connectivity index (χ4v) is 6.84. The van der Waals surface area contributed by atoms with E-state index in [2.05, 4.69) is 107 Å². The standard InChI is InChI=1S/C27H27P/c1-19-17-18-23(22(19)4)24-13-7-10-16-27(24)28(25-14-8-5-11-20(25)2)26-15-9-6-12-21(26)3/h5-17H,18H2,1-4H3. The van der Waals surface area contributed by atoms with Crippen LogP contribution in [0.1, 0.15) is 37.0 Å². The molecule has 0 fully saturated rings. The Morgan fingerprint density at radius 3 is 1.61 bits per heavy atom. The molecule has 0 nitrogen and oxygen atoms in total. The summed E-state index contributed by atoms with van der Waals surface area (Å²) in [5.74, 6) is 0. The molecule has 140 valence electrons. The molecule has 0 saturated heterocycles. The molecule has 1 aliphatic carbocycles. The van der Waals surface area contributed by atoms with Gasteiger partial charge in [-0.25, -0.2) is 0 Å². The lowest BCUT2D eigenvalue weighted by Crippen LogP contribution is -2.26. The molecule has 0 atom stereocenters. The number of hydrogen-bond acceptors (Lipinski definition) is 0. The lowest BCUT2D eigenvalue weighted by molar-refractivity contribution is 1.39. The molecule has 0 amide bonds. The molecule has 0 bridgehead atoms. The second-order valence-corrected chi connectivity index (χ2v) is 9.74. The summed E-state index contributed by atoms with van der Waals surface area (Å²) in [4.78, 5) is 0. The molecule has 0 saturated carbocycles. The summed E-state index contributed by atoms with van der Waals surface area (Å²) in [6.45, 7) is 9.00. The lowest BCUT2D eigenvalue weighted by atomic mass is 10.0. The Morgan fingerprint density at radius 1 is 0.607 bits per heavy atom. The lowest BCUT2D eigenvalue weighted by Gasteiger charge is -2.26. The Kier molecular flexibility index (Phi) is 5.33. The van der Waals surface area contributed by atoms with Gasteiger partial charge in [0.05, 0.1) is 0 Å². The predicted molar refractivity (Wildman–Crippen MR) is 126 cm³/mol. The molecule has 0 unspecified atom stereocenters. The molecule has 0 N–H and O–H groups in total. The molecular weight excluding hydrogens is 355 g/mol. The maximum absolute atomic E-state index is 2.37. The van der Waals surface area contributed by atoms with Gasteiger partial charge in [-0.1, -0.05) is 84.4 Å². The van der Waals surface area contributed by atoms with Crippen molar-refractivity contribution in [3.05, 3.63) is 107 Å². The van der Waals surface area contributed by atoms with Gasteiger partial charge in [0, 0.05) is 0 Å². The van der Waals surface area contributed by atoms with E-state index in [-0.39, 0.29) is 0 Å². The van der Waals surface area contributed by atoms with Gasteiger partial charge in [-0.15, -0.1) is 0 Å². The van der Waals surface area contributed by atoms with Gasteiger partial charge in [-0.2, -0.15) is 0 Å². The summed E-state index contributed by atoms with van der Waals surface area (Å²) in [7, 11) is -0.615. The largest absolute Gasteiger partial charge is 0.0769 e. The zero-order valence-corrected chi connectivity index (χ0v) is 18.1. The van der Waals surface area contributed by atoms with Crippen molar-refractivity contribution in [3.8, 4) is 0 Å². The monoisotopic (exact) mass is 382 g/mol. The topological polar surface area (TPSA) is 0 Å². The van der Waals surface area contributed by atoms with Crippen molar-refractivity contribution in [2.24, 2.45) is 0 Å². The molecule has 0 spiro atoms. The minimum atomic E-state index is -0.615. The van der Waals surface area contributed by atoms with Gasteiger partial charge in [0.25, 0.3) is 0 Å². The molecule has 0 aromatic heterocycles. The fraction of sp³-hybridized carbons (Fsp3) is 0.185. The van der Waals surface area contributed by atoms with E-state index >= 15 is 0 Å². The van der Waals surface area contributed by atoms with Gasteiger partial charge in [-0.3, -0.25) is 0 Å². The highest BCUT2D eigenvalue weighted by Crippen LogP contribution is 2.41. The van der Waals surface area contributed by atoms with Crippen LogP contribution in [-0.4, -0.2) is 0 Å². The van der Waals surface area contributed by atoms with E-state index in [1.54, 1.807) is 0 Å². The van der Waals surface area contributed by atoms with Gasteiger partial charge < -0.3 is 0 Å². The number of benzene rings is 3. The van der Waals surface area contributed by atoms with E-state index in [0.717, 1.165) is 6.42 Å². The van der Waals surface area contributed by atoms with Gasteiger partial charge >= 0.3 is 0 Å². The second kappa shape index (κ2) is 7.90. The summed E-state index contributed by atoms with van der Waals surface area (Å²) >= 11 is 0. The first-order chi connectivity index (χ1) is 13.6. The first-order valence-electron chi connectivity index (χ1n) is 9.95. The van der Waals surface area contributed by atoms with Crippen LogP contribution in [-0.2, 0) is 0 Å². The smallest absolute Gasteiger partial charge is 0.00755 e. The molecule has 3 aromatic carbocycles. The summed E-state index contributed by atoms with van der Waals surface area (Å²) in [5.41, 5.74) is 8.52. The predicted octanol–water partition coefficient (Wildman–Crippen LogP) is 6.19. The number of rotatable bonds is 4. The van der Waals surface area contributed by atoms with Crippen LogP contribution < -0.4 is 15.9 Å². The van der Waals surface area contributed by atoms with Gasteiger partial charge in [0.1, 0.15) is 0 Å². The SMILES string of the molecule is CC1=CCC(c2ccccc2P(c2ccccc2C)c2ccccc2C)=C1C. The van der Waals surface area contributed by atoms with Crippen molar-refractivity contribution in [1.29, 1.82) is 0 Å². The molecule has 1 aliphatic rings. The van der Waals surface area contributed by atoms with Crippen LogP contribution in [0.2, 0.25) is 0 Å². The van der Waals surface area contributed by atoms with Crippen molar-refractivity contribution >= 4 is 29.4 Å². The van der Waals surface area contributed by atoms with Gasteiger partial charge in [0.2, 0.25) is 0 Å². The van der Waals surface area contributed by atoms with Crippen LogP contribution in [0.15, 0.2) is 90.0 Å². The average Bonchev–Trinajstić information content (AvgIpc) is 3.04. The normalized spacial score (nSPS) is 14.0. The molecule has 0 heterocycles. The van der Waals surface area contributed by atoms with Crippen LogP contribution in [0.3, 0.4) is 0 Å². The van der Waals surface area contributed by atoms with E-state index in [1.165, 1.54) is 49.3 Å². The van der Waals surface area contributed by atoms with Crippen molar-refractivity contribution < 1.29 is 0 Å². The summed E-state index contributed by atoms with van der Waals surface area (Å²) < 4.78 is 0. The van der Waals surface area contributed by atoms with Gasteiger partial charge in [0.15, 0.2) is 0 Å². The maximum Gasteiger partial charge on any atom is -0.00755 e. The third-order valence-electron chi connectivity index (χ3n) is 5.84. The van der Waals surface area contributed by atoms with Crippen molar-refractivity contribution in [1.82, 2.24) is 0 Å². The van der Waals surface area contributed by atoms with Crippen molar-refractivity contribution in [3.63, 3.8) is 0 Å². The number of hydrogen-bond donors (Lipinski definition) is 0. The van der Waals surface area contributed by atoms with Crippen LogP contribution in [0.25, 0.3) is 5.57 Å². The minimum absolute atomic E-state index is 0.615. The van der Waals surface area contributed by atoms with E-state index in [1.807, 2.05) is 0 Å². The maximum atomic E-state index is 2.37. The first kappa shape index (κ1) is 18.9. The molecule has 0 aliphatic heterocycles. The van der Waals surface area contributed by atoms with Crippen LogP contribution in [0, 0.1) is 13.8 Å². The van der Waals surface area contributed by atoms with E-state index < -0.39 is 7.92 Å². The quantitative estimate of drug-likeness (QED) is 0.472. The van der Waals surface area contributed by atoms with Gasteiger partial charge in [-0.05, 0) is 85.8 Å². The van der Waals surface area contributed by atoms with Crippen LogP contribution >= 0.6 is 7.92 Å². The van der Waals surface area contributed by atoms with E-state index in [9.17, 15) is 0 Å². The Balaban J connectivity index is 1.98. The third-order valence-corrected chi connectivity index (χ3v) is 8.68. The zero-order chi connectivity index (χ0) is 19.7. The summed E-state index contributed by atoms with van der Waals surface area (Å²) in [5, 5.41) is 4.39. The Bertz CT molecular complexity index is 1040. The molecule has 0 radical (unpaired) electrons. The van der Waals surface area contributed by atoms with Crippen molar-refractivity contribution in [2.75, 3.05) is 0 Å². The third kappa shape index (κ3) is 3.38. The van der Waals surface area contributed by atoms with Crippen LogP contribution in [0.5, 0.6) is 0 Å². The fourth-order valence-electron chi connectivity index (χ4n) is 4.05.